The molecule has 0 radical (unpaired) electrons. The van der Waals surface area contributed by atoms with Gasteiger partial charge in [-0.3, -0.25) is 0 Å². The van der Waals surface area contributed by atoms with E-state index in [4.69, 9.17) is 21.2 Å². The molecule has 0 aliphatic carbocycles. The van der Waals surface area contributed by atoms with Gasteiger partial charge >= 0.3 is 0 Å². The monoisotopic (exact) mass is 399 g/mol. The number of hydrogen-bond donors (Lipinski definition) is 0. The van der Waals surface area contributed by atoms with E-state index in [1.165, 1.54) is 12.3 Å². The maximum Gasteiger partial charge on any atom is 0.226 e. The molecule has 0 saturated carbocycles. The van der Waals surface area contributed by atoms with E-state index in [1.54, 1.807) is 36.0 Å². The van der Waals surface area contributed by atoms with E-state index in [-0.39, 0.29) is 6.61 Å². The second kappa shape index (κ2) is 9.19. The molecule has 3 rings (SSSR count). The number of oxime groups is 1. The molecular formula is C21H19ClFN3O2. The minimum absolute atomic E-state index is 0.284. The highest BCUT2D eigenvalue weighted by atomic mass is 35.5. The molecule has 1 aromatic heterocycles. The molecule has 0 aliphatic heterocycles. The van der Waals surface area contributed by atoms with Crippen molar-refractivity contribution in [1.82, 2.24) is 9.78 Å². The number of benzene rings is 2. The van der Waals surface area contributed by atoms with E-state index >= 15 is 0 Å². The van der Waals surface area contributed by atoms with Gasteiger partial charge in [-0.1, -0.05) is 47.1 Å². The van der Waals surface area contributed by atoms with Gasteiger partial charge in [-0.15, -0.1) is 0 Å². The number of para-hydroxylation sites is 1. The van der Waals surface area contributed by atoms with E-state index in [2.05, 4.69) is 10.3 Å². The third-order valence-electron chi connectivity index (χ3n) is 3.82. The Balaban J connectivity index is 1.65. The third-order valence-corrected chi connectivity index (χ3v) is 4.08. The normalized spacial score (nSPS) is 11.8. The van der Waals surface area contributed by atoms with Crippen molar-refractivity contribution in [2.45, 2.75) is 6.92 Å². The summed E-state index contributed by atoms with van der Waals surface area (Å²) in [5.74, 6) is 0.745. The zero-order valence-corrected chi connectivity index (χ0v) is 16.2. The second-order valence-electron chi connectivity index (χ2n) is 5.99. The van der Waals surface area contributed by atoms with Crippen LogP contribution < -0.4 is 4.74 Å². The molecule has 0 aliphatic rings. The Bertz CT molecular complexity index is 983. The zero-order valence-electron chi connectivity index (χ0n) is 15.5. The number of halogens is 2. The summed E-state index contributed by atoms with van der Waals surface area (Å²) >= 11 is 5.81. The molecule has 5 nitrogen and oxygen atoms in total. The third kappa shape index (κ3) is 5.20. The van der Waals surface area contributed by atoms with Crippen LogP contribution in [0.4, 0.5) is 4.39 Å². The first-order valence-corrected chi connectivity index (χ1v) is 8.94. The van der Waals surface area contributed by atoms with Crippen molar-refractivity contribution in [3.05, 3.63) is 82.3 Å². The van der Waals surface area contributed by atoms with Crippen molar-refractivity contribution >= 4 is 23.9 Å². The van der Waals surface area contributed by atoms with Gasteiger partial charge in [0.25, 0.3) is 0 Å². The van der Waals surface area contributed by atoms with Crippen molar-refractivity contribution < 1.29 is 14.0 Å². The Kier molecular flexibility index (Phi) is 6.45. The van der Waals surface area contributed by atoms with Crippen LogP contribution >= 0.6 is 11.6 Å². The lowest BCUT2D eigenvalue weighted by molar-refractivity contribution is 0.155. The van der Waals surface area contributed by atoms with Crippen molar-refractivity contribution in [2.24, 2.45) is 12.2 Å². The summed E-state index contributed by atoms with van der Waals surface area (Å²) in [5, 5.41) is 8.78. The van der Waals surface area contributed by atoms with Crippen LogP contribution in [0.3, 0.4) is 0 Å². The maximum absolute atomic E-state index is 14.0. The number of ether oxygens (including phenoxy) is 1. The lowest BCUT2D eigenvalue weighted by Crippen LogP contribution is -1.97. The van der Waals surface area contributed by atoms with Crippen molar-refractivity contribution in [3.63, 3.8) is 0 Å². The van der Waals surface area contributed by atoms with Crippen LogP contribution in [0, 0.1) is 6.92 Å². The molecule has 2 aromatic carbocycles. The zero-order chi connectivity index (χ0) is 19.9. The van der Waals surface area contributed by atoms with Gasteiger partial charge in [-0.25, -0.2) is 9.07 Å². The minimum atomic E-state index is -0.455. The summed E-state index contributed by atoms with van der Waals surface area (Å²) in [7, 11) is 1.78. The predicted octanol–water partition coefficient (Wildman–Crippen LogP) is 5.54. The first-order valence-electron chi connectivity index (χ1n) is 8.56. The summed E-state index contributed by atoms with van der Waals surface area (Å²) in [5.41, 5.74) is 2.07. The molecular weight excluding hydrogens is 381 g/mol. The van der Waals surface area contributed by atoms with Gasteiger partial charge in [0, 0.05) is 12.1 Å². The quantitative estimate of drug-likeness (QED) is 0.387. The molecule has 3 aromatic rings. The van der Waals surface area contributed by atoms with Crippen molar-refractivity contribution in [2.75, 3.05) is 6.61 Å². The number of nitrogens with zero attached hydrogens (tertiary/aromatic N) is 3. The molecule has 1 heterocycles. The van der Waals surface area contributed by atoms with Gasteiger partial charge in [0.15, 0.2) is 6.61 Å². The molecule has 144 valence electrons. The predicted molar refractivity (Wildman–Crippen MR) is 109 cm³/mol. The van der Waals surface area contributed by atoms with Crippen molar-refractivity contribution in [1.29, 1.82) is 0 Å². The second-order valence-corrected chi connectivity index (χ2v) is 6.43. The van der Waals surface area contributed by atoms with Gasteiger partial charge in [-0.05, 0) is 42.8 Å². The highest BCUT2D eigenvalue weighted by Crippen LogP contribution is 2.25. The Morgan fingerprint density at radius 1 is 1.18 bits per heavy atom. The van der Waals surface area contributed by atoms with Gasteiger partial charge in [-0.2, -0.15) is 5.10 Å². The lowest BCUT2D eigenvalue weighted by Gasteiger charge is -2.06. The smallest absolute Gasteiger partial charge is 0.226 e. The number of aromatic nitrogens is 2. The topological polar surface area (TPSA) is 48.6 Å². The van der Waals surface area contributed by atoms with E-state index in [1.807, 2.05) is 37.3 Å². The highest BCUT2D eigenvalue weighted by molar-refractivity contribution is 6.30. The molecule has 0 amide bonds. The number of aryl methyl sites for hydroxylation is 2. The largest absolute Gasteiger partial charge is 0.439 e. The summed E-state index contributed by atoms with van der Waals surface area (Å²) in [4.78, 5) is 5.07. The Morgan fingerprint density at radius 3 is 2.61 bits per heavy atom. The van der Waals surface area contributed by atoms with Gasteiger partial charge in [0.1, 0.15) is 11.6 Å². The van der Waals surface area contributed by atoms with Gasteiger partial charge in [0.2, 0.25) is 5.88 Å². The highest BCUT2D eigenvalue weighted by Gasteiger charge is 2.14. The van der Waals surface area contributed by atoms with E-state index < -0.39 is 5.83 Å². The Morgan fingerprint density at radius 2 is 1.89 bits per heavy atom. The fourth-order valence-corrected chi connectivity index (χ4v) is 2.62. The van der Waals surface area contributed by atoms with E-state index in [9.17, 15) is 4.39 Å². The fourth-order valence-electron chi connectivity index (χ4n) is 2.49. The molecule has 0 atom stereocenters. The van der Waals surface area contributed by atoms with Crippen LogP contribution in [-0.4, -0.2) is 22.6 Å². The van der Waals surface area contributed by atoms with Crippen LogP contribution in [0.2, 0.25) is 5.02 Å². The van der Waals surface area contributed by atoms with Gasteiger partial charge in [0.05, 0.1) is 17.5 Å². The van der Waals surface area contributed by atoms with Gasteiger partial charge < -0.3 is 9.57 Å². The summed E-state index contributed by atoms with van der Waals surface area (Å²) in [6, 6.07) is 16.2. The molecule has 0 unspecified atom stereocenters. The van der Waals surface area contributed by atoms with Crippen LogP contribution in [0.15, 0.2) is 65.6 Å². The van der Waals surface area contributed by atoms with E-state index in [0.29, 0.717) is 27.8 Å². The summed E-state index contributed by atoms with van der Waals surface area (Å²) in [6.45, 7) is 1.55. The molecule has 7 heteroatoms. The maximum atomic E-state index is 14.0. The molecule has 0 saturated heterocycles. The summed E-state index contributed by atoms with van der Waals surface area (Å²) < 4.78 is 21.5. The lowest BCUT2D eigenvalue weighted by atomic mass is 10.2. The van der Waals surface area contributed by atoms with Crippen LogP contribution in [0.1, 0.15) is 16.8 Å². The number of rotatable bonds is 7. The van der Waals surface area contributed by atoms with Crippen LogP contribution in [0.5, 0.6) is 11.6 Å². The first-order chi connectivity index (χ1) is 13.5. The van der Waals surface area contributed by atoms with E-state index in [0.717, 1.165) is 5.69 Å². The average Bonchev–Trinajstić information content (AvgIpc) is 2.94. The minimum Gasteiger partial charge on any atom is -0.439 e. The molecule has 0 fully saturated rings. The van der Waals surface area contributed by atoms with Crippen LogP contribution in [-0.2, 0) is 11.9 Å². The molecule has 0 bridgehead atoms. The summed E-state index contributed by atoms with van der Waals surface area (Å²) in [6.07, 6.45) is 2.83. The standard InChI is InChI=1S/C21H19ClFN3O2/c1-15-20(21(26(2)25-15)28-19-6-4-3-5-7-19)13-24-27-14-18(23)12-16-8-10-17(22)11-9-16/h3-13H,14H2,1-2H3. The molecule has 28 heavy (non-hydrogen) atoms. The fraction of sp³-hybridized carbons (Fsp3) is 0.143. The Labute approximate surface area is 167 Å². The molecule has 0 spiro atoms. The SMILES string of the molecule is Cc1nn(C)c(Oc2ccccc2)c1C=NOCC(F)=Cc1ccc(Cl)cc1. The molecule has 0 N–H and O–H groups in total. The number of hydrogen-bond acceptors (Lipinski definition) is 4. The van der Waals surface area contributed by atoms with Crippen molar-refractivity contribution in [3.8, 4) is 11.6 Å². The first kappa shape index (κ1) is 19.6. The van der Waals surface area contributed by atoms with Crippen LogP contribution in [0.25, 0.3) is 6.08 Å². The Hall–Kier alpha value is -3.12. The average molecular weight is 400 g/mol.